The lowest BCUT2D eigenvalue weighted by atomic mass is 9.74. The number of fused-ring (bicyclic) bond motifs is 2. The van der Waals surface area contributed by atoms with E-state index in [1.807, 2.05) is 13.8 Å². The Morgan fingerprint density at radius 3 is 2.43 bits per heavy atom. The van der Waals surface area contributed by atoms with Crippen molar-refractivity contribution in [3.63, 3.8) is 0 Å². The number of rotatable bonds is 9. The summed E-state index contributed by atoms with van der Waals surface area (Å²) >= 11 is 0. The van der Waals surface area contributed by atoms with E-state index >= 15 is 8.78 Å². The molecule has 1 unspecified atom stereocenters. The molecule has 3 fully saturated rings. The lowest BCUT2D eigenvalue weighted by Gasteiger charge is -2.40. The number of anilines is 1. The van der Waals surface area contributed by atoms with Crippen molar-refractivity contribution >= 4 is 27.7 Å². The zero-order valence-corrected chi connectivity index (χ0v) is 27.6. The third-order valence-corrected chi connectivity index (χ3v) is 11.5. The second-order valence-corrected chi connectivity index (χ2v) is 14.9. The van der Waals surface area contributed by atoms with Crippen LogP contribution in [0.1, 0.15) is 63.0 Å². The van der Waals surface area contributed by atoms with Crippen molar-refractivity contribution in [3.8, 4) is 0 Å². The largest absolute Gasteiger partial charge is 0.453 e. The number of sulfonamides is 1. The maximum absolute atomic E-state index is 15.5. The first-order valence-electron chi connectivity index (χ1n) is 16.1. The third kappa shape index (κ3) is 8.27. The maximum Gasteiger partial charge on any atom is 0.407 e. The van der Waals surface area contributed by atoms with E-state index in [0.29, 0.717) is 37.9 Å². The zero-order chi connectivity index (χ0) is 33.9. The lowest BCUT2D eigenvalue weighted by molar-refractivity contribution is -0.120. The molecule has 3 N–H and O–H groups in total. The van der Waals surface area contributed by atoms with E-state index in [9.17, 15) is 22.4 Å². The van der Waals surface area contributed by atoms with Gasteiger partial charge in [0.2, 0.25) is 15.9 Å². The number of nitrogens with one attached hydrogen (secondary N) is 3. The molecule has 10 nitrogen and oxygen atoms in total. The number of hydrogen-bond donors (Lipinski definition) is 3. The molecule has 3 heterocycles. The van der Waals surface area contributed by atoms with Crippen molar-refractivity contribution in [2.45, 2.75) is 88.6 Å². The monoisotopic (exact) mass is 680 g/mol. The molecule has 2 aromatic carbocycles. The molecule has 2 amide bonds. The van der Waals surface area contributed by atoms with Crippen molar-refractivity contribution in [2.24, 2.45) is 5.92 Å². The number of carbonyl (C=O) groups is 2. The normalized spacial score (nSPS) is 28.4. The Balaban J connectivity index is 1.45. The summed E-state index contributed by atoms with van der Waals surface area (Å²) in [6.45, 7) is 4.49. The van der Waals surface area contributed by atoms with E-state index in [-0.39, 0.29) is 48.3 Å². The molecule has 0 aromatic heterocycles. The SMILES string of the molecule is COC(=O)N[C@H](C(=O)Nc1c(F)ccc(F)c1CC[C@H]1CN[C@@H]2CCCS(=O)(=O)N1C2)[C@@H](c1ccc(F)cc1)[C@H]1C[C@@H](C)O[C@@H](C)C1. The first kappa shape index (κ1) is 35.1. The van der Waals surface area contributed by atoms with Gasteiger partial charge in [-0.25, -0.2) is 26.4 Å². The minimum Gasteiger partial charge on any atom is -0.453 e. The summed E-state index contributed by atoms with van der Waals surface area (Å²) in [5.41, 5.74) is 0.0608. The number of methoxy groups -OCH3 is 1. The van der Waals surface area contributed by atoms with Crippen LogP contribution in [0.5, 0.6) is 0 Å². The maximum atomic E-state index is 15.5. The van der Waals surface area contributed by atoms with Crippen molar-refractivity contribution < 1.29 is 40.7 Å². The van der Waals surface area contributed by atoms with Gasteiger partial charge in [-0.1, -0.05) is 12.1 Å². The zero-order valence-electron chi connectivity index (χ0n) is 26.8. The Kier molecular flexibility index (Phi) is 11.1. The standard InChI is InChI=1S/C33H43F3N4O6S/c1-19-15-22(16-20(2)46-19)29(21-6-8-23(34)9-7-21)31(39-33(42)45-3)32(41)38-30-26(27(35)12-13-28(30)36)11-10-25-17-37-24-5-4-14-47(43,44)40(25)18-24/h6-9,12-13,19-20,22,24-25,29,31,37H,4-5,10-11,14-18H2,1-3H3,(H,38,41)(H,39,42)/t19-,20+,22+,24-,25+,29+,31+/m1/s1. The van der Waals surface area contributed by atoms with Crippen LogP contribution in [0.15, 0.2) is 36.4 Å². The molecule has 3 aliphatic rings. The molecule has 3 saturated heterocycles. The molecule has 258 valence electrons. The number of nitrogens with zero attached hydrogens (tertiary/aromatic N) is 1. The van der Waals surface area contributed by atoms with Gasteiger partial charge in [-0.2, -0.15) is 4.31 Å². The minimum absolute atomic E-state index is 0.0335. The van der Waals surface area contributed by atoms with Crippen molar-refractivity contribution in [1.29, 1.82) is 0 Å². The molecule has 0 aliphatic carbocycles. The van der Waals surface area contributed by atoms with Crippen LogP contribution in [0.25, 0.3) is 0 Å². The van der Waals surface area contributed by atoms with Crippen molar-refractivity contribution in [2.75, 3.05) is 31.3 Å². The fourth-order valence-electron chi connectivity index (χ4n) is 7.41. The van der Waals surface area contributed by atoms with Gasteiger partial charge in [-0.05, 0) is 88.1 Å². The van der Waals surface area contributed by atoms with Gasteiger partial charge in [0.25, 0.3) is 0 Å². The van der Waals surface area contributed by atoms with E-state index in [1.165, 1.54) is 28.6 Å². The van der Waals surface area contributed by atoms with Gasteiger partial charge >= 0.3 is 6.09 Å². The second-order valence-electron chi connectivity index (χ2n) is 12.9. The molecule has 0 spiro atoms. The van der Waals surface area contributed by atoms with Crippen molar-refractivity contribution in [3.05, 3.63) is 65.0 Å². The third-order valence-electron chi connectivity index (χ3n) is 9.54. The average Bonchev–Trinajstić information content (AvgIpc) is 3.14. The van der Waals surface area contributed by atoms with Gasteiger partial charge < -0.3 is 25.4 Å². The van der Waals surface area contributed by atoms with Gasteiger partial charge in [0.15, 0.2) is 0 Å². The Bertz CT molecular complexity index is 1540. The van der Waals surface area contributed by atoms with Gasteiger partial charge in [-0.15, -0.1) is 0 Å². The molecular weight excluding hydrogens is 637 g/mol. The highest BCUT2D eigenvalue weighted by Crippen LogP contribution is 2.39. The van der Waals surface area contributed by atoms with Crippen LogP contribution in [0.2, 0.25) is 0 Å². The van der Waals surface area contributed by atoms with Gasteiger partial charge in [0, 0.05) is 36.7 Å². The molecule has 3 aliphatic heterocycles. The number of carbonyl (C=O) groups excluding carboxylic acids is 2. The number of ether oxygens (including phenoxy) is 2. The number of halogens is 3. The second kappa shape index (κ2) is 14.9. The molecule has 8 atom stereocenters. The summed E-state index contributed by atoms with van der Waals surface area (Å²) < 4.78 is 83.0. The highest BCUT2D eigenvalue weighted by molar-refractivity contribution is 7.89. The molecule has 5 rings (SSSR count). The molecule has 2 bridgehead atoms. The van der Waals surface area contributed by atoms with Gasteiger partial charge in [-0.3, -0.25) is 4.79 Å². The molecule has 2 aromatic rings. The molecule has 14 heteroatoms. The molecule has 47 heavy (non-hydrogen) atoms. The quantitative estimate of drug-likeness (QED) is 0.358. The highest BCUT2D eigenvalue weighted by Gasteiger charge is 2.41. The Morgan fingerprint density at radius 2 is 1.74 bits per heavy atom. The number of alkyl carbamates (subject to hydrolysis) is 1. The summed E-state index contributed by atoms with van der Waals surface area (Å²) in [5, 5.41) is 8.52. The van der Waals surface area contributed by atoms with Crippen LogP contribution in [-0.2, 0) is 30.7 Å². The Morgan fingerprint density at radius 1 is 1.06 bits per heavy atom. The Labute approximate surface area is 273 Å². The summed E-state index contributed by atoms with van der Waals surface area (Å²) in [5.74, 6) is -3.85. The summed E-state index contributed by atoms with van der Waals surface area (Å²) in [6, 6.07) is 5.71. The number of piperazine rings is 1. The van der Waals surface area contributed by atoms with E-state index in [4.69, 9.17) is 9.47 Å². The highest BCUT2D eigenvalue weighted by atomic mass is 32.2. The van der Waals surface area contributed by atoms with Crippen LogP contribution < -0.4 is 16.0 Å². The summed E-state index contributed by atoms with van der Waals surface area (Å²) in [4.78, 5) is 26.8. The molecule has 0 radical (unpaired) electrons. The first-order valence-corrected chi connectivity index (χ1v) is 17.7. The Hall–Kier alpha value is -3.20. The van der Waals surface area contributed by atoms with E-state index < -0.39 is 63.2 Å². The van der Waals surface area contributed by atoms with E-state index in [2.05, 4.69) is 16.0 Å². The van der Waals surface area contributed by atoms with Gasteiger partial charge in [0.1, 0.15) is 23.5 Å². The fourth-order valence-corrected chi connectivity index (χ4v) is 9.21. The van der Waals surface area contributed by atoms with Crippen LogP contribution in [-0.4, -0.2) is 81.0 Å². The van der Waals surface area contributed by atoms with Crippen molar-refractivity contribution in [1.82, 2.24) is 14.9 Å². The van der Waals surface area contributed by atoms with E-state index in [0.717, 1.165) is 25.7 Å². The van der Waals surface area contributed by atoms with Crippen LogP contribution in [0, 0.1) is 23.4 Å². The predicted octanol–water partition coefficient (Wildman–Crippen LogP) is 4.45. The molecule has 0 saturated carbocycles. The number of benzene rings is 2. The van der Waals surface area contributed by atoms with Crippen LogP contribution >= 0.6 is 0 Å². The lowest BCUT2D eigenvalue weighted by Crippen LogP contribution is -2.57. The number of hydrogen-bond acceptors (Lipinski definition) is 7. The van der Waals surface area contributed by atoms with Gasteiger partial charge in [0.05, 0.1) is 30.8 Å². The predicted molar refractivity (Wildman–Crippen MR) is 170 cm³/mol. The van der Waals surface area contributed by atoms with Crippen LogP contribution in [0.4, 0.5) is 23.7 Å². The first-order chi connectivity index (χ1) is 22.4. The number of amides is 2. The smallest absolute Gasteiger partial charge is 0.407 e. The summed E-state index contributed by atoms with van der Waals surface area (Å²) in [7, 11) is -2.36. The topological polar surface area (TPSA) is 126 Å². The average molecular weight is 681 g/mol. The molecular formula is C33H43F3N4O6S. The fraction of sp³-hybridized carbons (Fsp3) is 0.576. The van der Waals surface area contributed by atoms with Crippen LogP contribution in [0.3, 0.4) is 0 Å². The summed E-state index contributed by atoms with van der Waals surface area (Å²) in [6.07, 6.45) is 1.20. The minimum atomic E-state index is -3.50. The van der Waals surface area contributed by atoms with E-state index in [1.54, 1.807) is 0 Å².